The second-order valence-electron chi connectivity index (χ2n) is 3.95. The van der Waals surface area contributed by atoms with Crippen molar-refractivity contribution in [1.82, 2.24) is 5.32 Å². The molecule has 1 aromatic rings. The van der Waals surface area contributed by atoms with E-state index < -0.39 is 10.0 Å². The van der Waals surface area contributed by atoms with Crippen LogP contribution in [-0.4, -0.2) is 26.6 Å². The second kappa shape index (κ2) is 6.97. The molecular formula is C11H14BrFN2O3S. The normalized spacial score (nSPS) is 11.3. The van der Waals surface area contributed by atoms with Gasteiger partial charge in [-0.2, -0.15) is 0 Å². The molecule has 0 unspecified atom stereocenters. The molecule has 0 heterocycles. The Bertz CT molecular complexity index is 563. The molecule has 19 heavy (non-hydrogen) atoms. The Labute approximate surface area is 119 Å². The number of benzene rings is 1. The molecule has 0 aliphatic carbocycles. The minimum atomic E-state index is -3.58. The molecule has 0 radical (unpaired) electrons. The summed E-state index contributed by atoms with van der Waals surface area (Å²) in [6, 6.07) is 4.61. The van der Waals surface area contributed by atoms with Crippen molar-refractivity contribution in [2.75, 3.05) is 12.3 Å². The summed E-state index contributed by atoms with van der Waals surface area (Å²) in [5.74, 6) is -1.04. The van der Waals surface area contributed by atoms with Crippen molar-refractivity contribution < 1.29 is 17.6 Å². The monoisotopic (exact) mass is 352 g/mol. The van der Waals surface area contributed by atoms with Gasteiger partial charge in [-0.15, -0.1) is 0 Å². The van der Waals surface area contributed by atoms with Gasteiger partial charge < -0.3 is 5.32 Å². The first-order valence-electron chi connectivity index (χ1n) is 5.49. The zero-order chi connectivity index (χ0) is 14.5. The Hall–Kier alpha value is -0.990. The highest BCUT2D eigenvalue weighted by Gasteiger charge is 2.08. The van der Waals surface area contributed by atoms with E-state index in [0.29, 0.717) is 10.0 Å². The Morgan fingerprint density at radius 1 is 1.42 bits per heavy atom. The highest BCUT2D eigenvalue weighted by atomic mass is 79.9. The molecule has 0 saturated carbocycles. The van der Waals surface area contributed by atoms with Crippen LogP contribution in [0.5, 0.6) is 0 Å². The number of amides is 1. The number of nitrogens with one attached hydrogen (secondary N) is 1. The first kappa shape index (κ1) is 16.1. The topological polar surface area (TPSA) is 89.3 Å². The fraction of sp³-hybridized carbons (Fsp3) is 0.364. The van der Waals surface area contributed by atoms with Crippen molar-refractivity contribution in [3.05, 3.63) is 34.1 Å². The quantitative estimate of drug-likeness (QED) is 0.797. The summed E-state index contributed by atoms with van der Waals surface area (Å²) in [6.45, 7) is -0.0412. The first-order chi connectivity index (χ1) is 8.78. The van der Waals surface area contributed by atoms with Gasteiger partial charge in [-0.1, -0.05) is 22.0 Å². The third-order valence-electron chi connectivity index (χ3n) is 2.35. The summed E-state index contributed by atoms with van der Waals surface area (Å²) in [4.78, 5) is 11.4. The van der Waals surface area contributed by atoms with Gasteiger partial charge in [-0.3, -0.25) is 4.79 Å². The van der Waals surface area contributed by atoms with Crippen LogP contribution in [0.15, 0.2) is 22.7 Å². The Balaban J connectivity index is 2.38. The van der Waals surface area contributed by atoms with E-state index >= 15 is 0 Å². The summed E-state index contributed by atoms with van der Waals surface area (Å²) in [5, 5.41) is 7.20. The SMILES string of the molecule is NS(=O)(=O)CCNC(=O)CCc1ccc(Br)cc1F. The van der Waals surface area contributed by atoms with Gasteiger partial charge in [-0.25, -0.2) is 17.9 Å². The van der Waals surface area contributed by atoms with Crippen LogP contribution in [0.4, 0.5) is 4.39 Å². The number of carbonyl (C=O) groups excluding carboxylic acids is 1. The Kier molecular flexibility index (Phi) is 5.89. The number of carbonyl (C=O) groups is 1. The number of hydrogen-bond acceptors (Lipinski definition) is 3. The van der Waals surface area contributed by atoms with Gasteiger partial charge in [0.2, 0.25) is 15.9 Å². The van der Waals surface area contributed by atoms with E-state index in [4.69, 9.17) is 5.14 Å². The van der Waals surface area contributed by atoms with E-state index in [1.54, 1.807) is 12.1 Å². The third-order valence-corrected chi connectivity index (χ3v) is 3.61. The maximum atomic E-state index is 13.5. The number of rotatable bonds is 6. The lowest BCUT2D eigenvalue weighted by atomic mass is 10.1. The van der Waals surface area contributed by atoms with Crippen LogP contribution < -0.4 is 10.5 Å². The van der Waals surface area contributed by atoms with Crippen LogP contribution in [0.1, 0.15) is 12.0 Å². The van der Waals surface area contributed by atoms with Gasteiger partial charge in [-0.05, 0) is 24.1 Å². The maximum absolute atomic E-state index is 13.5. The molecule has 0 fully saturated rings. The number of aryl methyl sites for hydroxylation is 1. The summed E-state index contributed by atoms with van der Waals surface area (Å²) in [5.41, 5.74) is 0.435. The molecule has 3 N–H and O–H groups in total. The minimum Gasteiger partial charge on any atom is -0.355 e. The molecule has 1 aromatic carbocycles. The molecule has 8 heteroatoms. The number of nitrogens with two attached hydrogens (primary N) is 1. The van der Waals surface area contributed by atoms with Crippen molar-refractivity contribution in [3.8, 4) is 0 Å². The molecule has 0 saturated heterocycles. The van der Waals surface area contributed by atoms with Crippen molar-refractivity contribution in [3.63, 3.8) is 0 Å². The van der Waals surface area contributed by atoms with Crippen LogP contribution in [-0.2, 0) is 21.2 Å². The predicted octanol–water partition coefficient (Wildman–Crippen LogP) is 0.926. The maximum Gasteiger partial charge on any atom is 0.220 e. The van der Waals surface area contributed by atoms with Gasteiger partial charge in [0.15, 0.2) is 0 Å². The van der Waals surface area contributed by atoms with Crippen molar-refractivity contribution in [2.45, 2.75) is 12.8 Å². The molecule has 0 aromatic heterocycles. The zero-order valence-corrected chi connectivity index (χ0v) is 12.4. The molecule has 0 atom stereocenters. The molecule has 0 spiro atoms. The number of halogens is 2. The van der Waals surface area contributed by atoms with E-state index in [0.717, 1.165) is 0 Å². The highest BCUT2D eigenvalue weighted by Crippen LogP contribution is 2.16. The van der Waals surface area contributed by atoms with Crippen LogP contribution >= 0.6 is 15.9 Å². The van der Waals surface area contributed by atoms with Crippen molar-refractivity contribution in [2.24, 2.45) is 5.14 Å². The van der Waals surface area contributed by atoms with Gasteiger partial charge >= 0.3 is 0 Å². The van der Waals surface area contributed by atoms with Gasteiger partial charge in [0.25, 0.3) is 0 Å². The molecule has 5 nitrogen and oxygen atoms in total. The van der Waals surface area contributed by atoms with Gasteiger partial charge in [0.05, 0.1) is 5.75 Å². The van der Waals surface area contributed by atoms with E-state index in [1.165, 1.54) is 6.07 Å². The molecule has 0 bridgehead atoms. The molecular weight excluding hydrogens is 339 g/mol. The smallest absolute Gasteiger partial charge is 0.220 e. The minimum absolute atomic E-state index is 0.0412. The predicted molar refractivity (Wildman–Crippen MR) is 73.4 cm³/mol. The zero-order valence-electron chi connectivity index (χ0n) is 10.0. The Morgan fingerprint density at radius 2 is 2.11 bits per heavy atom. The van der Waals surface area contributed by atoms with Crippen molar-refractivity contribution >= 4 is 31.9 Å². The van der Waals surface area contributed by atoms with Crippen LogP contribution in [0.2, 0.25) is 0 Å². The third kappa shape index (κ3) is 6.65. The fourth-order valence-electron chi connectivity index (χ4n) is 1.39. The summed E-state index contributed by atoms with van der Waals surface area (Å²) < 4.78 is 35.4. The Morgan fingerprint density at radius 3 is 2.68 bits per heavy atom. The summed E-state index contributed by atoms with van der Waals surface area (Å²) >= 11 is 3.14. The largest absolute Gasteiger partial charge is 0.355 e. The van der Waals surface area contributed by atoms with Gasteiger partial charge in [0, 0.05) is 17.4 Å². The molecule has 106 valence electrons. The average Bonchev–Trinajstić information content (AvgIpc) is 2.26. The van der Waals surface area contributed by atoms with Crippen LogP contribution in [0.3, 0.4) is 0 Å². The summed E-state index contributed by atoms with van der Waals surface area (Å²) in [6.07, 6.45) is 0.337. The highest BCUT2D eigenvalue weighted by molar-refractivity contribution is 9.10. The fourth-order valence-corrected chi connectivity index (χ4v) is 2.11. The average molecular weight is 353 g/mol. The van der Waals surface area contributed by atoms with E-state index in [9.17, 15) is 17.6 Å². The lowest BCUT2D eigenvalue weighted by molar-refractivity contribution is -0.120. The van der Waals surface area contributed by atoms with Gasteiger partial charge in [0.1, 0.15) is 5.82 Å². The van der Waals surface area contributed by atoms with E-state index in [2.05, 4.69) is 21.2 Å². The lowest BCUT2D eigenvalue weighted by Gasteiger charge is -2.05. The summed E-state index contributed by atoms with van der Waals surface area (Å²) in [7, 11) is -3.58. The molecule has 0 aliphatic rings. The number of sulfonamides is 1. The van der Waals surface area contributed by atoms with E-state index in [-0.39, 0.29) is 36.9 Å². The first-order valence-corrected chi connectivity index (χ1v) is 8.00. The van der Waals surface area contributed by atoms with E-state index in [1.807, 2.05) is 0 Å². The lowest BCUT2D eigenvalue weighted by Crippen LogP contribution is -2.31. The number of primary sulfonamides is 1. The van der Waals surface area contributed by atoms with Crippen LogP contribution in [0, 0.1) is 5.82 Å². The second-order valence-corrected chi connectivity index (χ2v) is 6.60. The molecule has 1 amide bonds. The van der Waals surface area contributed by atoms with Crippen molar-refractivity contribution in [1.29, 1.82) is 0 Å². The molecule has 0 aliphatic heterocycles. The molecule has 1 rings (SSSR count). The number of hydrogen-bond donors (Lipinski definition) is 2. The standard InChI is InChI=1S/C11H14BrFN2O3S/c12-9-3-1-8(10(13)7-9)2-4-11(16)15-5-6-19(14,17)18/h1,3,7H,2,4-6H2,(H,15,16)(H2,14,17,18). The van der Waals surface area contributed by atoms with Crippen LogP contribution in [0.25, 0.3) is 0 Å².